The summed E-state index contributed by atoms with van der Waals surface area (Å²) in [5, 5.41) is 11.6. The van der Waals surface area contributed by atoms with Gasteiger partial charge in [0.05, 0.1) is 5.75 Å². The number of hydrogen-bond donors (Lipinski definition) is 1. The molecule has 150 valence electrons. The molecule has 2 aromatic rings. The molecule has 0 atom stereocenters. The fraction of sp³-hybridized carbons (Fsp3) is 0.412. The SMILES string of the molecule is CNC(=O)CSc1nnc(N2CCN(C(=O)COc3ccc(F)cc3)CC2)s1. The summed E-state index contributed by atoms with van der Waals surface area (Å²) >= 11 is 2.79. The fourth-order valence-electron chi connectivity index (χ4n) is 2.50. The van der Waals surface area contributed by atoms with Crippen LogP contribution in [-0.2, 0) is 9.59 Å². The van der Waals surface area contributed by atoms with E-state index in [1.54, 1.807) is 11.9 Å². The maximum Gasteiger partial charge on any atom is 0.260 e. The molecule has 0 spiro atoms. The first-order chi connectivity index (χ1) is 13.5. The van der Waals surface area contributed by atoms with Crippen LogP contribution >= 0.6 is 23.1 Å². The summed E-state index contributed by atoms with van der Waals surface area (Å²) in [7, 11) is 1.60. The van der Waals surface area contributed by atoms with Crippen LogP contribution in [0.5, 0.6) is 5.75 Å². The van der Waals surface area contributed by atoms with Gasteiger partial charge in [-0.15, -0.1) is 10.2 Å². The molecule has 0 saturated carbocycles. The minimum atomic E-state index is -0.346. The molecule has 1 fully saturated rings. The summed E-state index contributed by atoms with van der Waals surface area (Å²) in [6.07, 6.45) is 0. The highest BCUT2D eigenvalue weighted by atomic mass is 32.2. The van der Waals surface area contributed by atoms with Crippen LogP contribution < -0.4 is 15.0 Å². The second-order valence-corrected chi connectivity index (χ2v) is 8.10. The van der Waals surface area contributed by atoms with E-state index >= 15 is 0 Å². The maximum absolute atomic E-state index is 12.9. The van der Waals surface area contributed by atoms with Crippen LogP contribution in [0.4, 0.5) is 9.52 Å². The van der Waals surface area contributed by atoms with Crippen molar-refractivity contribution in [3.05, 3.63) is 30.1 Å². The number of rotatable bonds is 7. The van der Waals surface area contributed by atoms with Crippen LogP contribution in [0, 0.1) is 5.82 Å². The largest absolute Gasteiger partial charge is 0.484 e. The van der Waals surface area contributed by atoms with Crippen molar-refractivity contribution in [2.45, 2.75) is 4.34 Å². The van der Waals surface area contributed by atoms with Gasteiger partial charge in [0, 0.05) is 33.2 Å². The van der Waals surface area contributed by atoms with Gasteiger partial charge in [0.2, 0.25) is 11.0 Å². The molecule has 1 aliphatic heterocycles. The second kappa shape index (κ2) is 9.69. The monoisotopic (exact) mass is 425 g/mol. The molecule has 1 aliphatic rings. The van der Waals surface area contributed by atoms with Gasteiger partial charge < -0.3 is 19.9 Å². The number of piperazine rings is 1. The predicted octanol–water partition coefficient (Wildman–Crippen LogP) is 1.24. The number of halogens is 1. The first kappa shape index (κ1) is 20.3. The number of carbonyl (C=O) groups excluding carboxylic acids is 2. The van der Waals surface area contributed by atoms with E-state index in [1.807, 2.05) is 0 Å². The molecule has 28 heavy (non-hydrogen) atoms. The molecule has 3 rings (SSSR count). The fourth-order valence-corrected chi connectivity index (χ4v) is 4.27. The van der Waals surface area contributed by atoms with Crippen molar-refractivity contribution in [2.75, 3.05) is 50.5 Å². The molecule has 2 amide bonds. The highest BCUT2D eigenvalue weighted by molar-refractivity contribution is 8.01. The lowest BCUT2D eigenvalue weighted by molar-refractivity contribution is -0.133. The minimum Gasteiger partial charge on any atom is -0.484 e. The predicted molar refractivity (Wildman–Crippen MR) is 105 cm³/mol. The van der Waals surface area contributed by atoms with Crippen LogP contribution in [0.15, 0.2) is 28.6 Å². The Kier molecular flexibility index (Phi) is 7.04. The molecule has 0 unspecified atom stereocenters. The topological polar surface area (TPSA) is 87.7 Å². The maximum atomic E-state index is 12.9. The Morgan fingerprint density at radius 3 is 2.61 bits per heavy atom. The average molecular weight is 426 g/mol. The van der Waals surface area contributed by atoms with Crippen LogP contribution in [0.25, 0.3) is 0 Å². The average Bonchev–Trinajstić information content (AvgIpc) is 3.20. The Morgan fingerprint density at radius 2 is 1.93 bits per heavy atom. The van der Waals surface area contributed by atoms with E-state index in [1.165, 1.54) is 47.4 Å². The van der Waals surface area contributed by atoms with Gasteiger partial charge >= 0.3 is 0 Å². The molecule has 2 heterocycles. The van der Waals surface area contributed by atoms with Gasteiger partial charge in [-0.1, -0.05) is 23.1 Å². The molecule has 0 bridgehead atoms. The van der Waals surface area contributed by atoms with E-state index in [0.717, 1.165) is 9.47 Å². The zero-order chi connectivity index (χ0) is 19.9. The van der Waals surface area contributed by atoms with Crippen LogP contribution in [0.2, 0.25) is 0 Å². The van der Waals surface area contributed by atoms with Gasteiger partial charge in [0.1, 0.15) is 11.6 Å². The Balaban J connectivity index is 1.43. The lowest BCUT2D eigenvalue weighted by Gasteiger charge is -2.34. The van der Waals surface area contributed by atoms with E-state index in [-0.39, 0.29) is 24.2 Å². The van der Waals surface area contributed by atoms with Crippen LogP contribution in [-0.4, -0.2) is 72.5 Å². The molecule has 1 aromatic heterocycles. The van der Waals surface area contributed by atoms with Crippen molar-refractivity contribution in [1.29, 1.82) is 0 Å². The third-order valence-electron chi connectivity index (χ3n) is 4.08. The zero-order valence-electron chi connectivity index (χ0n) is 15.3. The normalized spacial score (nSPS) is 14.1. The summed E-state index contributed by atoms with van der Waals surface area (Å²) < 4.78 is 19.0. The van der Waals surface area contributed by atoms with Gasteiger partial charge in [-0.3, -0.25) is 9.59 Å². The summed E-state index contributed by atoms with van der Waals surface area (Å²) in [6, 6.07) is 5.58. The first-order valence-corrected chi connectivity index (χ1v) is 10.4. The molecule has 0 radical (unpaired) electrons. The summed E-state index contributed by atoms with van der Waals surface area (Å²) in [5.41, 5.74) is 0. The van der Waals surface area contributed by atoms with Gasteiger partial charge in [-0.2, -0.15) is 0 Å². The van der Waals surface area contributed by atoms with Crippen LogP contribution in [0.1, 0.15) is 0 Å². The molecular formula is C17H20FN5O3S2. The van der Waals surface area contributed by atoms with Gasteiger partial charge in [-0.25, -0.2) is 4.39 Å². The third-order valence-corrected chi connectivity index (χ3v) is 6.20. The number of anilines is 1. The standard InChI is InChI=1S/C17H20FN5O3S2/c1-19-14(24)11-27-17-21-20-16(28-17)23-8-6-22(7-9-23)15(25)10-26-13-4-2-12(18)3-5-13/h2-5H,6-11H2,1H3,(H,19,24). The Hall–Kier alpha value is -2.40. The lowest BCUT2D eigenvalue weighted by atomic mass is 10.3. The summed E-state index contributed by atoms with van der Waals surface area (Å²) in [6.45, 7) is 2.34. The van der Waals surface area contributed by atoms with Crippen molar-refractivity contribution in [3.63, 3.8) is 0 Å². The number of nitrogens with one attached hydrogen (secondary N) is 1. The number of hydrogen-bond acceptors (Lipinski definition) is 8. The third kappa shape index (κ3) is 5.55. The van der Waals surface area contributed by atoms with E-state index < -0.39 is 0 Å². The van der Waals surface area contributed by atoms with E-state index in [4.69, 9.17) is 4.74 Å². The van der Waals surface area contributed by atoms with Gasteiger partial charge in [-0.05, 0) is 24.3 Å². The summed E-state index contributed by atoms with van der Waals surface area (Å²) in [5.74, 6) is 0.257. The number of carbonyl (C=O) groups is 2. The number of benzene rings is 1. The first-order valence-electron chi connectivity index (χ1n) is 8.63. The Morgan fingerprint density at radius 1 is 1.21 bits per heavy atom. The Bertz CT molecular complexity index is 809. The number of amides is 2. The molecule has 1 saturated heterocycles. The van der Waals surface area contributed by atoms with Crippen LogP contribution in [0.3, 0.4) is 0 Å². The molecule has 0 aliphatic carbocycles. The lowest BCUT2D eigenvalue weighted by Crippen LogP contribution is -2.50. The Labute approximate surface area is 170 Å². The van der Waals surface area contributed by atoms with Crippen molar-refractivity contribution in [3.8, 4) is 5.75 Å². The smallest absolute Gasteiger partial charge is 0.260 e. The van der Waals surface area contributed by atoms with Crippen molar-refractivity contribution in [2.24, 2.45) is 0 Å². The molecular weight excluding hydrogens is 405 g/mol. The number of ether oxygens (including phenoxy) is 1. The molecule has 1 aromatic carbocycles. The quantitative estimate of drug-likeness (QED) is 0.668. The number of aromatic nitrogens is 2. The highest BCUT2D eigenvalue weighted by Crippen LogP contribution is 2.28. The number of thioether (sulfide) groups is 1. The highest BCUT2D eigenvalue weighted by Gasteiger charge is 2.23. The van der Waals surface area contributed by atoms with Crippen molar-refractivity contribution < 1.29 is 18.7 Å². The minimum absolute atomic E-state index is 0.0586. The number of nitrogens with zero attached hydrogens (tertiary/aromatic N) is 4. The molecule has 11 heteroatoms. The van der Waals surface area contributed by atoms with Gasteiger partial charge in [0.25, 0.3) is 5.91 Å². The van der Waals surface area contributed by atoms with E-state index in [0.29, 0.717) is 37.7 Å². The summed E-state index contributed by atoms with van der Waals surface area (Å²) in [4.78, 5) is 27.4. The van der Waals surface area contributed by atoms with Gasteiger partial charge in [0.15, 0.2) is 10.9 Å². The van der Waals surface area contributed by atoms with Crippen molar-refractivity contribution >= 4 is 40.0 Å². The van der Waals surface area contributed by atoms with E-state index in [2.05, 4.69) is 20.4 Å². The van der Waals surface area contributed by atoms with Crippen molar-refractivity contribution in [1.82, 2.24) is 20.4 Å². The zero-order valence-corrected chi connectivity index (χ0v) is 16.9. The molecule has 8 nitrogen and oxygen atoms in total. The second-order valence-electron chi connectivity index (χ2n) is 5.92. The molecule has 1 N–H and O–H groups in total. The van der Waals surface area contributed by atoms with E-state index in [9.17, 15) is 14.0 Å².